The Bertz CT molecular complexity index is 994. The maximum atomic E-state index is 10.5. The van der Waals surface area contributed by atoms with Gasteiger partial charge in [0.2, 0.25) is 5.96 Å². The van der Waals surface area contributed by atoms with Crippen LogP contribution in [0.25, 0.3) is 11.1 Å². The Morgan fingerprint density at radius 2 is 2.15 bits per heavy atom. The number of ether oxygens (including phenoxy) is 2. The van der Waals surface area contributed by atoms with Gasteiger partial charge in [-0.1, -0.05) is 0 Å². The van der Waals surface area contributed by atoms with E-state index in [4.69, 9.17) is 14.6 Å². The molecule has 2 aromatic heterocycles. The smallest absolute Gasteiger partial charge is 0.240 e. The lowest BCUT2D eigenvalue weighted by Gasteiger charge is -2.33. The molecule has 0 aromatic carbocycles. The van der Waals surface area contributed by atoms with Gasteiger partial charge >= 0.3 is 0 Å². The third kappa shape index (κ3) is 5.20. The Balaban J connectivity index is 1.70. The fraction of sp³-hybridized carbons (Fsp3) is 0.625. The lowest BCUT2D eigenvalue weighted by molar-refractivity contribution is -0.0286. The molecule has 0 spiro atoms. The van der Waals surface area contributed by atoms with Gasteiger partial charge in [-0.3, -0.25) is 4.68 Å². The largest absolute Gasteiger partial charge is 0.390 e. The Hall–Kier alpha value is -2.49. The third-order valence-electron chi connectivity index (χ3n) is 6.77. The highest BCUT2D eigenvalue weighted by atomic mass is 16.5. The van der Waals surface area contributed by atoms with Crippen LogP contribution in [0.4, 0.5) is 0 Å². The second-order valence-corrected chi connectivity index (χ2v) is 9.63. The summed E-state index contributed by atoms with van der Waals surface area (Å²) in [7, 11) is 1.67. The van der Waals surface area contributed by atoms with Gasteiger partial charge in [-0.2, -0.15) is 5.10 Å². The molecule has 1 saturated carbocycles. The maximum Gasteiger partial charge on any atom is 0.240 e. The van der Waals surface area contributed by atoms with Crippen LogP contribution in [0.5, 0.6) is 0 Å². The molecule has 9 heteroatoms. The highest BCUT2D eigenvalue weighted by Crippen LogP contribution is 2.40. The molecule has 2 aliphatic rings. The minimum absolute atomic E-state index is 0.0470. The second kappa shape index (κ2) is 9.79. The van der Waals surface area contributed by atoms with Crippen LogP contribution in [0, 0.1) is 6.92 Å². The average molecular weight is 457 g/mol. The summed E-state index contributed by atoms with van der Waals surface area (Å²) in [4.78, 5) is 4.13. The summed E-state index contributed by atoms with van der Waals surface area (Å²) in [6.07, 6.45) is 7.37. The highest BCUT2D eigenvalue weighted by molar-refractivity contribution is 5.84. The zero-order chi connectivity index (χ0) is 23.6. The van der Waals surface area contributed by atoms with E-state index in [0.29, 0.717) is 37.7 Å². The van der Waals surface area contributed by atoms with Crippen LogP contribution >= 0.6 is 0 Å². The molecule has 2 aromatic rings. The quantitative estimate of drug-likeness (QED) is 0.493. The van der Waals surface area contributed by atoms with Crippen molar-refractivity contribution in [3.63, 3.8) is 0 Å². The summed E-state index contributed by atoms with van der Waals surface area (Å²) in [6, 6.07) is 2.58. The Kier molecular flexibility index (Phi) is 7.02. The Labute approximate surface area is 195 Å². The molecule has 2 fully saturated rings. The number of rotatable bonds is 7. The van der Waals surface area contributed by atoms with Crippen LogP contribution in [0.1, 0.15) is 62.9 Å². The van der Waals surface area contributed by atoms with E-state index in [1.54, 1.807) is 7.11 Å². The third-order valence-corrected chi connectivity index (χ3v) is 6.77. The van der Waals surface area contributed by atoms with Gasteiger partial charge < -0.3 is 19.9 Å². The van der Waals surface area contributed by atoms with E-state index >= 15 is 0 Å². The molecular weight excluding hydrogens is 420 g/mol. The molecule has 0 radical (unpaired) electrons. The molecule has 0 unspecified atom stereocenters. The number of aliphatic imine (C=N–C) groups is 1. The van der Waals surface area contributed by atoms with Gasteiger partial charge in [-0.05, 0) is 59.2 Å². The number of aliphatic hydroxyl groups is 1. The van der Waals surface area contributed by atoms with Crippen molar-refractivity contribution in [1.29, 1.82) is 0 Å². The Morgan fingerprint density at radius 3 is 2.76 bits per heavy atom. The van der Waals surface area contributed by atoms with Gasteiger partial charge in [0.25, 0.3) is 0 Å². The summed E-state index contributed by atoms with van der Waals surface area (Å²) in [5.74, 6) is 0.759. The first kappa shape index (κ1) is 23.7. The monoisotopic (exact) mass is 456 g/mol. The van der Waals surface area contributed by atoms with Crippen LogP contribution in [-0.4, -0.2) is 70.8 Å². The van der Waals surface area contributed by atoms with E-state index in [-0.39, 0.29) is 6.04 Å². The van der Waals surface area contributed by atoms with Gasteiger partial charge in [-0.25, -0.2) is 9.67 Å². The molecule has 180 valence electrons. The molecule has 9 nitrogen and oxygen atoms in total. The van der Waals surface area contributed by atoms with Crippen molar-refractivity contribution in [2.45, 2.75) is 70.1 Å². The van der Waals surface area contributed by atoms with Crippen molar-refractivity contribution in [3.05, 3.63) is 29.8 Å². The number of methoxy groups -OCH3 is 1. The molecule has 33 heavy (non-hydrogen) atoms. The van der Waals surface area contributed by atoms with Crippen molar-refractivity contribution in [2.24, 2.45) is 10.1 Å². The Morgan fingerprint density at radius 1 is 1.42 bits per heavy atom. The fourth-order valence-electron chi connectivity index (χ4n) is 4.64. The predicted molar refractivity (Wildman–Crippen MR) is 129 cm³/mol. The highest BCUT2D eigenvalue weighted by Gasteiger charge is 2.32. The second-order valence-electron chi connectivity index (χ2n) is 9.63. The van der Waals surface area contributed by atoms with Gasteiger partial charge in [-0.15, -0.1) is 5.10 Å². The van der Waals surface area contributed by atoms with Crippen LogP contribution in [0.15, 0.2) is 28.6 Å². The molecule has 3 heterocycles. The molecular formula is C24H36N6O3. The summed E-state index contributed by atoms with van der Waals surface area (Å²) in [6.45, 7) is 11.7. The summed E-state index contributed by atoms with van der Waals surface area (Å²) >= 11 is 0. The molecule has 0 amide bonds. The van der Waals surface area contributed by atoms with Crippen molar-refractivity contribution < 1.29 is 14.6 Å². The topological polar surface area (TPSA) is 98.2 Å². The number of nitrogens with zero attached hydrogens (tertiary/aromatic N) is 5. The van der Waals surface area contributed by atoms with E-state index in [1.165, 1.54) is 0 Å². The van der Waals surface area contributed by atoms with Crippen LogP contribution in [0.2, 0.25) is 0 Å². The van der Waals surface area contributed by atoms with E-state index in [2.05, 4.69) is 41.3 Å². The van der Waals surface area contributed by atoms with E-state index in [0.717, 1.165) is 48.2 Å². The molecule has 4 rings (SSSR count). The van der Waals surface area contributed by atoms with Crippen molar-refractivity contribution in [2.75, 3.05) is 26.9 Å². The van der Waals surface area contributed by atoms with Crippen LogP contribution < -0.4 is 5.32 Å². The summed E-state index contributed by atoms with van der Waals surface area (Å²) < 4.78 is 14.5. The molecule has 2 N–H and O–H groups in total. The van der Waals surface area contributed by atoms with Crippen molar-refractivity contribution in [3.8, 4) is 11.1 Å². The minimum Gasteiger partial charge on any atom is -0.390 e. The van der Waals surface area contributed by atoms with Gasteiger partial charge in [0.05, 0.1) is 37.7 Å². The summed E-state index contributed by atoms with van der Waals surface area (Å²) in [5.41, 5.74) is 3.72. The molecule has 1 aliphatic carbocycles. The summed E-state index contributed by atoms with van der Waals surface area (Å²) in [5, 5.41) is 23.2. The van der Waals surface area contributed by atoms with E-state index in [1.807, 2.05) is 29.4 Å². The number of aromatic nitrogens is 3. The first-order chi connectivity index (χ1) is 15.8. The first-order valence-corrected chi connectivity index (χ1v) is 11.7. The van der Waals surface area contributed by atoms with Gasteiger partial charge in [0, 0.05) is 47.8 Å². The normalized spacial score (nSPS) is 25.0. The maximum absolute atomic E-state index is 10.5. The van der Waals surface area contributed by atoms with Gasteiger partial charge in [0.1, 0.15) is 0 Å². The van der Waals surface area contributed by atoms with Crippen molar-refractivity contribution >= 4 is 12.7 Å². The lowest BCUT2D eigenvalue weighted by atomic mass is 9.78. The number of guanidine groups is 1. The molecule has 1 aliphatic heterocycles. The lowest BCUT2D eigenvalue weighted by Crippen LogP contribution is -2.35. The first-order valence-electron chi connectivity index (χ1n) is 11.7. The predicted octanol–water partition coefficient (Wildman–Crippen LogP) is 3.08. The number of nitrogens with one attached hydrogen (secondary N) is 1. The van der Waals surface area contributed by atoms with E-state index < -0.39 is 5.60 Å². The number of hydrogen-bond donors (Lipinski definition) is 2. The average Bonchev–Trinajstić information content (AvgIpc) is 3.32. The zero-order valence-electron chi connectivity index (χ0n) is 20.1. The van der Waals surface area contributed by atoms with Crippen molar-refractivity contribution in [1.82, 2.24) is 19.8 Å². The fourth-order valence-corrected chi connectivity index (χ4v) is 4.64. The SMILES string of the molecule is C=N/C(=N\n1c(C)c(-c2cnn(C3COC3)c2)cc1[C@H]1CC[C@](C)(O)CC1)N[C@@H](C)COC. The standard InChI is InChI=1S/C24H36N6O3/c1-16(13-32-5)27-23(25-4)28-30-17(2)21(19-11-26-29(12-19)20-14-33-15-20)10-22(30)18-6-8-24(3,31)9-7-18/h10-12,16,18,20,31H,4,6-9,13-15H2,1-3,5H3,(H,27,28)/t16-,18-,24-/m0/s1. The number of hydrogen-bond acceptors (Lipinski definition) is 5. The molecule has 0 bridgehead atoms. The zero-order valence-corrected chi connectivity index (χ0v) is 20.1. The molecule has 1 saturated heterocycles. The van der Waals surface area contributed by atoms with Crippen LogP contribution in [0.3, 0.4) is 0 Å². The molecule has 1 atom stereocenters. The van der Waals surface area contributed by atoms with Crippen LogP contribution in [-0.2, 0) is 9.47 Å². The minimum atomic E-state index is -0.591. The van der Waals surface area contributed by atoms with E-state index in [9.17, 15) is 5.11 Å². The van der Waals surface area contributed by atoms with Gasteiger partial charge in [0.15, 0.2) is 0 Å².